The first-order chi connectivity index (χ1) is 15.6. The number of fused-ring (bicyclic) bond motifs is 2. The molecule has 4 aromatic rings. The predicted octanol–water partition coefficient (Wildman–Crippen LogP) is 6.68. The zero-order chi connectivity index (χ0) is 22.1. The van der Waals surface area contributed by atoms with Gasteiger partial charge in [-0.25, -0.2) is 9.97 Å². The van der Waals surface area contributed by atoms with Gasteiger partial charge in [0.1, 0.15) is 0 Å². The molecule has 0 saturated heterocycles. The lowest BCUT2D eigenvalue weighted by molar-refractivity contribution is -0.115. The van der Waals surface area contributed by atoms with Crippen molar-refractivity contribution >= 4 is 40.8 Å². The molecule has 1 aliphatic heterocycles. The van der Waals surface area contributed by atoms with Crippen LogP contribution in [-0.4, -0.2) is 21.6 Å². The molecule has 2 heterocycles. The van der Waals surface area contributed by atoms with Crippen molar-refractivity contribution < 1.29 is 4.79 Å². The maximum Gasteiger partial charge on any atom is 0.242 e. The van der Waals surface area contributed by atoms with Gasteiger partial charge in [-0.15, -0.1) is 0 Å². The van der Waals surface area contributed by atoms with Crippen molar-refractivity contribution in [2.75, 3.05) is 10.7 Å². The van der Waals surface area contributed by atoms with Crippen LogP contribution in [0.15, 0.2) is 93.8 Å². The van der Waals surface area contributed by atoms with Gasteiger partial charge in [-0.3, -0.25) is 9.69 Å². The minimum atomic E-state index is 0.0113. The monoisotopic (exact) mass is 455 g/mol. The number of aromatic nitrogens is 2. The number of para-hydroxylation sites is 2. The lowest BCUT2D eigenvalue weighted by Crippen LogP contribution is -2.30. The Morgan fingerprint density at radius 1 is 0.875 bits per heavy atom. The Morgan fingerprint density at radius 2 is 1.50 bits per heavy atom. The second-order valence-corrected chi connectivity index (χ2v) is 9.62. The molecule has 6 heteroatoms. The zero-order valence-electron chi connectivity index (χ0n) is 17.8. The average Bonchev–Trinajstić information content (AvgIpc) is 2.81. The third-order valence-corrected chi connectivity index (χ3v) is 7.15. The van der Waals surface area contributed by atoms with E-state index in [0.717, 1.165) is 38.1 Å². The summed E-state index contributed by atoms with van der Waals surface area (Å²) in [7, 11) is 0. The van der Waals surface area contributed by atoms with Crippen molar-refractivity contribution in [1.82, 2.24) is 9.97 Å². The molecular formula is C26H21N3OS2. The normalized spacial score (nSPS) is 12.2. The number of amides is 1. The van der Waals surface area contributed by atoms with Crippen LogP contribution in [0.25, 0.3) is 11.3 Å². The van der Waals surface area contributed by atoms with Crippen molar-refractivity contribution in [3.05, 3.63) is 90.1 Å². The summed E-state index contributed by atoms with van der Waals surface area (Å²) in [6, 6.07) is 26.3. The second kappa shape index (κ2) is 8.81. The van der Waals surface area contributed by atoms with Gasteiger partial charge in [-0.05, 0) is 44.2 Å². The number of carbonyl (C=O) groups is 1. The third kappa shape index (κ3) is 4.16. The number of benzene rings is 3. The molecule has 158 valence electrons. The third-order valence-electron chi connectivity index (χ3n) is 5.19. The highest BCUT2D eigenvalue weighted by atomic mass is 32.2. The summed E-state index contributed by atoms with van der Waals surface area (Å²) in [6.07, 6.45) is 0. The van der Waals surface area contributed by atoms with Gasteiger partial charge in [0.25, 0.3) is 0 Å². The number of anilines is 2. The van der Waals surface area contributed by atoms with Gasteiger partial charge < -0.3 is 0 Å². The second-order valence-electron chi connectivity index (χ2n) is 7.60. The molecule has 1 aromatic heterocycles. The molecular weight excluding hydrogens is 434 g/mol. The fourth-order valence-electron chi connectivity index (χ4n) is 3.64. The summed E-state index contributed by atoms with van der Waals surface area (Å²) in [5.41, 5.74) is 5.86. The molecule has 0 radical (unpaired) electrons. The topological polar surface area (TPSA) is 46.1 Å². The van der Waals surface area contributed by atoms with Crippen molar-refractivity contribution in [3.8, 4) is 11.3 Å². The van der Waals surface area contributed by atoms with Crippen LogP contribution in [0.4, 0.5) is 11.4 Å². The van der Waals surface area contributed by atoms with E-state index in [-0.39, 0.29) is 11.7 Å². The van der Waals surface area contributed by atoms with Gasteiger partial charge in [0.15, 0.2) is 5.16 Å². The van der Waals surface area contributed by atoms with E-state index in [4.69, 9.17) is 4.98 Å². The maximum atomic E-state index is 13.4. The Balaban J connectivity index is 1.41. The van der Waals surface area contributed by atoms with Crippen LogP contribution < -0.4 is 4.90 Å². The zero-order valence-corrected chi connectivity index (χ0v) is 19.4. The lowest BCUT2D eigenvalue weighted by Gasteiger charge is -2.30. The SMILES string of the molecule is Cc1ccc(-c2cc(C)nc(SCC(=O)N3c4ccccc4Sc4ccccc43)n2)cc1. The molecule has 0 spiro atoms. The van der Waals surface area contributed by atoms with Crippen LogP contribution in [0, 0.1) is 13.8 Å². The van der Waals surface area contributed by atoms with Crippen LogP contribution in [0.3, 0.4) is 0 Å². The van der Waals surface area contributed by atoms with E-state index >= 15 is 0 Å². The molecule has 5 rings (SSSR count). The number of rotatable bonds is 4. The quantitative estimate of drug-likeness (QED) is 0.254. The highest BCUT2D eigenvalue weighted by molar-refractivity contribution is 8.00. The standard InChI is InChI=1S/C26H21N3OS2/c1-17-11-13-19(14-12-17)20-15-18(2)27-26(28-20)31-16-25(30)29-21-7-3-5-9-23(21)32-24-10-6-4-8-22(24)29/h3-15H,16H2,1-2H3. The molecule has 0 atom stereocenters. The van der Waals surface area contributed by atoms with E-state index in [1.54, 1.807) is 11.8 Å². The fourth-order valence-corrected chi connectivity index (χ4v) is 5.45. The number of hydrogen-bond acceptors (Lipinski definition) is 5. The molecule has 1 aliphatic rings. The number of nitrogens with zero attached hydrogens (tertiary/aromatic N) is 3. The minimum absolute atomic E-state index is 0.0113. The summed E-state index contributed by atoms with van der Waals surface area (Å²) in [4.78, 5) is 26.7. The van der Waals surface area contributed by atoms with E-state index in [1.807, 2.05) is 54.3 Å². The molecule has 0 bridgehead atoms. The molecule has 0 fully saturated rings. The van der Waals surface area contributed by atoms with E-state index in [2.05, 4.69) is 48.3 Å². The van der Waals surface area contributed by atoms with Crippen LogP contribution in [0.5, 0.6) is 0 Å². The average molecular weight is 456 g/mol. The summed E-state index contributed by atoms with van der Waals surface area (Å²) in [6.45, 7) is 4.02. The number of hydrogen-bond donors (Lipinski definition) is 0. The van der Waals surface area contributed by atoms with Crippen molar-refractivity contribution in [3.63, 3.8) is 0 Å². The highest BCUT2D eigenvalue weighted by Gasteiger charge is 2.27. The van der Waals surface area contributed by atoms with Crippen molar-refractivity contribution in [2.45, 2.75) is 28.8 Å². The van der Waals surface area contributed by atoms with Crippen molar-refractivity contribution in [1.29, 1.82) is 0 Å². The molecule has 0 saturated carbocycles. The minimum Gasteiger partial charge on any atom is -0.278 e. The van der Waals surface area contributed by atoms with Gasteiger partial charge in [-0.2, -0.15) is 0 Å². The Kier molecular flexibility index (Phi) is 5.72. The predicted molar refractivity (Wildman–Crippen MR) is 132 cm³/mol. The first-order valence-corrected chi connectivity index (χ1v) is 12.1. The van der Waals surface area contributed by atoms with Crippen molar-refractivity contribution in [2.24, 2.45) is 0 Å². The molecule has 0 unspecified atom stereocenters. The van der Waals surface area contributed by atoms with Crippen LogP contribution in [-0.2, 0) is 4.79 Å². The summed E-state index contributed by atoms with van der Waals surface area (Å²) < 4.78 is 0. The van der Waals surface area contributed by atoms with Gasteiger partial charge in [0.2, 0.25) is 5.91 Å². The number of aryl methyl sites for hydroxylation is 2. The Hall–Kier alpha value is -3.09. The summed E-state index contributed by atoms with van der Waals surface area (Å²) in [5, 5.41) is 0.613. The summed E-state index contributed by atoms with van der Waals surface area (Å²) >= 11 is 3.07. The molecule has 32 heavy (non-hydrogen) atoms. The fraction of sp³-hybridized carbons (Fsp3) is 0.115. The van der Waals surface area contributed by atoms with Gasteiger partial charge >= 0.3 is 0 Å². The van der Waals surface area contributed by atoms with E-state index in [9.17, 15) is 4.79 Å². The van der Waals surface area contributed by atoms with Gasteiger partial charge in [0.05, 0.1) is 22.8 Å². The molecule has 4 nitrogen and oxygen atoms in total. The maximum absolute atomic E-state index is 13.4. The molecule has 1 amide bonds. The lowest BCUT2D eigenvalue weighted by atomic mass is 10.1. The first-order valence-electron chi connectivity index (χ1n) is 10.3. The van der Waals surface area contributed by atoms with Crippen LogP contribution >= 0.6 is 23.5 Å². The Bertz CT molecular complexity index is 1260. The Morgan fingerprint density at radius 3 is 2.16 bits per heavy atom. The van der Waals surface area contributed by atoms with E-state index in [0.29, 0.717) is 5.16 Å². The van der Waals surface area contributed by atoms with Gasteiger partial charge in [-0.1, -0.05) is 77.6 Å². The highest BCUT2D eigenvalue weighted by Crippen LogP contribution is 2.48. The van der Waals surface area contributed by atoms with Gasteiger partial charge in [0, 0.05) is 21.0 Å². The molecule has 0 N–H and O–H groups in total. The van der Waals surface area contributed by atoms with E-state index in [1.165, 1.54) is 17.3 Å². The Labute approximate surface area is 196 Å². The number of carbonyl (C=O) groups excluding carboxylic acids is 1. The van der Waals surface area contributed by atoms with E-state index < -0.39 is 0 Å². The smallest absolute Gasteiger partial charge is 0.242 e. The van der Waals surface area contributed by atoms with Crippen LogP contribution in [0.1, 0.15) is 11.3 Å². The first kappa shape index (κ1) is 20.8. The summed E-state index contributed by atoms with van der Waals surface area (Å²) in [5.74, 6) is 0.265. The largest absolute Gasteiger partial charge is 0.278 e. The number of thioether (sulfide) groups is 1. The molecule has 0 aliphatic carbocycles. The molecule has 3 aromatic carbocycles. The van der Waals surface area contributed by atoms with Crippen LogP contribution in [0.2, 0.25) is 0 Å².